The summed E-state index contributed by atoms with van der Waals surface area (Å²) in [6.07, 6.45) is 0. The number of rotatable bonds is 6. The standard InChI is InChI=1S/C14H12BF2O4/c1-18-9-3-5-13(11(16)7-9)20-15-21-14-6-4-10(19-2)8-12(14)17/h3-8H,1-2H3. The average molecular weight is 293 g/mol. The molecule has 4 nitrogen and oxygen atoms in total. The Morgan fingerprint density at radius 3 is 1.52 bits per heavy atom. The lowest BCUT2D eigenvalue weighted by molar-refractivity contribution is 0.396. The van der Waals surface area contributed by atoms with Crippen molar-refractivity contribution in [2.45, 2.75) is 0 Å². The minimum absolute atomic E-state index is 0.0651. The Morgan fingerprint density at radius 1 is 0.762 bits per heavy atom. The van der Waals surface area contributed by atoms with Crippen molar-refractivity contribution in [3.8, 4) is 23.0 Å². The largest absolute Gasteiger partial charge is 0.658 e. The van der Waals surface area contributed by atoms with Crippen molar-refractivity contribution in [1.29, 1.82) is 0 Å². The van der Waals surface area contributed by atoms with Crippen LogP contribution in [0.1, 0.15) is 0 Å². The molecule has 1 radical (unpaired) electrons. The molecule has 0 amide bonds. The SMILES string of the molecule is COc1ccc(O[B]Oc2ccc(OC)cc2F)c(F)c1. The fourth-order valence-corrected chi connectivity index (χ4v) is 1.54. The summed E-state index contributed by atoms with van der Waals surface area (Å²) in [4.78, 5) is 0. The summed E-state index contributed by atoms with van der Waals surface area (Å²) < 4.78 is 46.8. The second-order valence-electron chi connectivity index (χ2n) is 3.92. The minimum atomic E-state index is -0.621. The van der Waals surface area contributed by atoms with Crippen molar-refractivity contribution in [2.75, 3.05) is 14.2 Å². The van der Waals surface area contributed by atoms with Crippen LogP contribution in [0.2, 0.25) is 0 Å². The van der Waals surface area contributed by atoms with Gasteiger partial charge in [0.05, 0.1) is 14.2 Å². The number of hydrogen-bond acceptors (Lipinski definition) is 4. The van der Waals surface area contributed by atoms with Crippen LogP contribution in [0.5, 0.6) is 23.0 Å². The van der Waals surface area contributed by atoms with Crippen molar-refractivity contribution in [3.63, 3.8) is 0 Å². The molecule has 2 aromatic carbocycles. The fourth-order valence-electron chi connectivity index (χ4n) is 1.54. The fraction of sp³-hybridized carbons (Fsp3) is 0.143. The molecule has 0 aromatic heterocycles. The molecule has 0 bridgehead atoms. The van der Waals surface area contributed by atoms with Crippen LogP contribution >= 0.6 is 0 Å². The Kier molecular flexibility index (Phi) is 4.87. The van der Waals surface area contributed by atoms with Gasteiger partial charge in [-0.25, -0.2) is 8.78 Å². The molecule has 0 heterocycles. The van der Waals surface area contributed by atoms with Gasteiger partial charge in [0.15, 0.2) is 11.6 Å². The molecule has 0 N–H and O–H groups in total. The van der Waals surface area contributed by atoms with Crippen molar-refractivity contribution in [3.05, 3.63) is 48.0 Å². The quantitative estimate of drug-likeness (QED) is 0.767. The number of ether oxygens (including phenoxy) is 2. The molecule has 0 atom stereocenters. The van der Waals surface area contributed by atoms with E-state index < -0.39 is 11.6 Å². The third-order valence-corrected chi connectivity index (χ3v) is 2.63. The van der Waals surface area contributed by atoms with Gasteiger partial charge in [-0.1, -0.05) is 0 Å². The van der Waals surface area contributed by atoms with Gasteiger partial charge < -0.3 is 18.8 Å². The Balaban J connectivity index is 1.95. The molecule has 0 fully saturated rings. The van der Waals surface area contributed by atoms with Gasteiger partial charge in [-0.2, -0.15) is 0 Å². The molecular formula is C14H12BF2O4. The zero-order chi connectivity index (χ0) is 15.2. The molecule has 0 unspecified atom stereocenters. The van der Waals surface area contributed by atoms with Crippen LogP contribution in [0.4, 0.5) is 8.78 Å². The molecule has 21 heavy (non-hydrogen) atoms. The molecule has 0 aliphatic heterocycles. The summed E-state index contributed by atoms with van der Waals surface area (Å²) >= 11 is 0. The van der Waals surface area contributed by atoms with E-state index in [1.54, 1.807) is 0 Å². The molecule has 2 aromatic rings. The third kappa shape index (κ3) is 3.78. The molecular weight excluding hydrogens is 281 g/mol. The number of hydrogen-bond donors (Lipinski definition) is 0. The van der Waals surface area contributed by atoms with E-state index in [1.807, 2.05) is 0 Å². The Hall–Kier alpha value is -2.44. The molecule has 2 rings (SSSR count). The van der Waals surface area contributed by atoms with Gasteiger partial charge in [-0.15, -0.1) is 0 Å². The highest BCUT2D eigenvalue weighted by Crippen LogP contribution is 2.24. The Labute approximate surface area is 121 Å². The molecule has 0 saturated heterocycles. The molecule has 0 aliphatic rings. The van der Waals surface area contributed by atoms with E-state index in [1.165, 1.54) is 38.5 Å². The van der Waals surface area contributed by atoms with Crippen molar-refractivity contribution in [2.24, 2.45) is 0 Å². The van der Waals surface area contributed by atoms with Gasteiger partial charge >= 0.3 is 7.69 Å². The van der Waals surface area contributed by atoms with E-state index in [4.69, 9.17) is 18.8 Å². The maximum absolute atomic E-state index is 13.6. The van der Waals surface area contributed by atoms with E-state index in [0.29, 0.717) is 11.5 Å². The van der Waals surface area contributed by atoms with Crippen LogP contribution in [0.3, 0.4) is 0 Å². The van der Waals surface area contributed by atoms with Gasteiger partial charge in [0, 0.05) is 12.1 Å². The normalized spacial score (nSPS) is 9.90. The van der Waals surface area contributed by atoms with Gasteiger partial charge in [0.2, 0.25) is 0 Å². The lowest BCUT2D eigenvalue weighted by Crippen LogP contribution is -2.12. The summed E-state index contributed by atoms with van der Waals surface area (Å²) in [5.41, 5.74) is 0. The number of methoxy groups -OCH3 is 2. The monoisotopic (exact) mass is 293 g/mol. The van der Waals surface area contributed by atoms with Gasteiger partial charge in [-0.05, 0) is 24.3 Å². The summed E-state index contributed by atoms with van der Waals surface area (Å²) in [6.45, 7) is 0. The van der Waals surface area contributed by atoms with E-state index >= 15 is 0 Å². The van der Waals surface area contributed by atoms with Crippen molar-refractivity contribution < 1.29 is 27.6 Å². The number of halogens is 2. The first-order valence-corrected chi connectivity index (χ1v) is 5.96. The zero-order valence-corrected chi connectivity index (χ0v) is 11.4. The van der Waals surface area contributed by atoms with Crippen LogP contribution in [0, 0.1) is 11.6 Å². The van der Waals surface area contributed by atoms with Crippen LogP contribution in [0.15, 0.2) is 36.4 Å². The van der Waals surface area contributed by atoms with Gasteiger partial charge in [0.1, 0.15) is 23.0 Å². The van der Waals surface area contributed by atoms with Crippen LogP contribution in [-0.2, 0) is 0 Å². The van der Waals surface area contributed by atoms with Crippen molar-refractivity contribution in [1.82, 2.24) is 0 Å². The van der Waals surface area contributed by atoms with Gasteiger partial charge in [0.25, 0.3) is 0 Å². The van der Waals surface area contributed by atoms with E-state index in [9.17, 15) is 8.78 Å². The number of benzene rings is 2. The highest BCUT2D eigenvalue weighted by Gasteiger charge is 2.11. The maximum atomic E-state index is 13.6. The topological polar surface area (TPSA) is 36.9 Å². The van der Waals surface area contributed by atoms with E-state index in [0.717, 1.165) is 19.8 Å². The zero-order valence-electron chi connectivity index (χ0n) is 11.4. The average Bonchev–Trinajstić information content (AvgIpc) is 2.50. The highest BCUT2D eigenvalue weighted by atomic mass is 19.1. The first-order chi connectivity index (χ1) is 10.1. The first-order valence-electron chi connectivity index (χ1n) is 5.96. The predicted molar refractivity (Wildman–Crippen MR) is 72.9 cm³/mol. The molecule has 109 valence electrons. The molecule has 0 aliphatic carbocycles. The second kappa shape index (κ2) is 6.83. The Morgan fingerprint density at radius 2 is 1.19 bits per heavy atom. The summed E-state index contributed by atoms with van der Waals surface area (Å²) in [7, 11) is 3.70. The molecule has 0 saturated carbocycles. The van der Waals surface area contributed by atoms with Crippen molar-refractivity contribution >= 4 is 7.69 Å². The smallest absolute Gasteiger partial charge is 0.524 e. The lowest BCUT2D eigenvalue weighted by Gasteiger charge is -2.09. The highest BCUT2D eigenvalue weighted by molar-refractivity contribution is 6.20. The van der Waals surface area contributed by atoms with Crippen LogP contribution in [-0.4, -0.2) is 21.9 Å². The minimum Gasteiger partial charge on any atom is -0.524 e. The first kappa shape index (κ1) is 15.0. The molecule has 7 heteroatoms. The summed E-state index contributed by atoms with van der Waals surface area (Å²) in [6, 6.07) is 8.13. The predicted octanol–water partition coefficient (Wildman–Crippen LogP) is 2.97. The molecule has 0 spiro atoms. The van der Waals surface area contributed by atoms with Gasteiger partial charge in [-0.3, -0.25) is 0 Å². The second-order valence-corrected chi connectivity index (χ2v) is 3.92. The van der Waals surface area contributed by atoms with E-state index in [2.05, 4.69) is 0 Å². The third-order valence-electron chi connectivity index (χ3n) is 2.63. The van der Waals surface area contributed by atoms with Crippen LogP contribution < -0.4 is 18.8 Å². The maximum Gasteiger partial charge on any atom is 0.658 e. The van der Waals surface area contributed by atoms with Crippen LogP contribution in [0.25, 0.3) is 0 Å². The lowest BCUT2D eigenvalue weighted by atomic mass is 10.2. The van der Waals surface area contributed by atoms with E-state index in [-0.39, 0.29) is 11.5 Å². The summed E-state index contributed by atoms with van der Waals surface area (Å²) in [5.74, 6) is -0.646. The summed E-state index contributed by atoms with van der Waals surface area (Å²) in [5, 5.41) is 0. The Bertz CT molecular complexity index is 568.